The molecule has 2 heterocycles. The Kier molecular flexibility index (Phi) is 7.09. The van der Waals surface area contributed by atoms with Gasteiger partial charge in [0.15, 0.2) is 0 Å². The van der Waals surface area contributed by atoms with Crippen molar-refractivity contribution in [3.63, 3.8) is 0 Å². The van der Waals surface area contributed by atoms with Crippen LogP contribution in [0.25, 0.3) is 0 Å². The Morgan fingerprint density at radius 3 is 2.38 bits per heavy atom. The molecule has 5 nitrogen and oxygen atoms in total. The minimum absolute atomic E-state index is 0. The smallest absolute Gasteiger partial charge is 0.0534 e. The van der Waals surface area contributed by atoms with Crippen molar-refractivity contribution in [3.8, 4) is 0 Å². The van der Waals surface area contributed by atoms with Crippen LogP contribution in [0.1, 0.15) is 24.0 Å². The van der Waals surface area contributed by atoms with Gasteiger partial charge in [-0.3, -0.25) is 4.68 Å². The molecule has 1 fully saturated rings. The van der Waals surface area contributed by atoms with E-state index >= 15 is 0 Å². The second-order valence-corrected chi connectivity index (χ2v) is 6.41. The van der Waals surface area contributed by atoms with Gasteiger partial charge in [0.05, 0.1) is 6.20 Å². The molecule has 0 radical (unpaired) electrons. The molecule has 0 saturated carbocycles. The molecule has 0 spiro atoms. The lowest BCUT2D eigenvalue weighted by Gasteiger charge is -2.33. The number of aliphatic hydroxyl groups excluding tert-OH is 1. The van der Waals surface area contributed by atoms with Gasteiger partial charge >= 0.3 is 0 Å². The van der Waals surface area contributed by atoms with Gasteiger partial charge in [0, 0.05) is 57.3 Å². The minimum Gasteiger partial charge on any atom is -0.396 e. The summed E-state index contributed by atoms with van der Waals surface area (Å²) < 4.78 is 1.83. The molecule has 2 N–H and O–H groups in total. The summed E-state index contributed by atoms with van der Waals surface area (Å²) in [4.78, 5) is 2.42. The van der Waals surface area contributed by atoms with Gasteiger partial charge in [-0.15, -0.1) is 12.4 Å². The van der Waals surface area contributed by atoms with Crippen molar-refractivity contribution in [1.29, 1.82) is 0 Å². The van der Waals surface area contributed by atoms with Crippen molar-refractivity contribution >= 4 is 18.1 Å². The number of aliphatic hydroxyl groups is 1. The average Bonchev–Trinajstić information content (AvgIpc) is 3.01. The van der Waals surface area contributed by atoms with Crippen molar-refractivity contribution in [2.24, 2.45) is 13.0 Å². The number of nitrogens with zero attached hydrogens (tertiary/aromatic N) is 3. The largest absolute Gasteiger partial charge is 0.396 e. The first-order valence-corrected chi connectivity index (χ1v) is 8.37. The molecule has 3 rings (SSSR count). The van der Waals surface area contributed by atoms with E-state index in [1.807, 2.05) is 24.1 Å². The zero-order chi connectivity index (χ0) is 16.1. The van der Waals surface area contributed by atoms with Crippen LogP contribution >= 0.6 is 12.4 Å². The number of halogens is 1. The van der Waals surface area contributed by atoms with Crippen LogP contribution in [0.5, 0.6) is 0 Å². The van der Waals surface area contributed by atoms with Gasteiger partial charge in [-0.1, -0.05) is 12.1 Å². The molecule has 0 unspecified atom stereocenters. The molecule has 0 atom stereocenters. The summed E-state index contributed by atoms with van der Waals surface area (Å²) >= 11 is 0. The molecule has 1 saturated heterocycles. The van der Waals surface area contributed by atoms with Gasteiger partial charge in [-0.25, -0.2) is 0 Å². The molecular formula is C18H27ClN4O. The molecule has 1 aromatic carbocycles. The fourth-order valence-corrected chi connectivity index (χ4v) is 3.11. The van der Waals surface area contributed by atoms with E-state index in [1.54, 1.807) is 0 Å². The third-order valence-corrected chi connectivity index (χ3v) is 4.59. The molecule has 1 aromatic heterocycles. The highest BCUT2D eigenvalue weighted by molar-refractivity contribution is 5.85. The second-order valence-electron chi connectivity index (χ2n) is 6.41. The normalized spacial score (nSPS) is 15.3. The minimum atomic E-state index is 0. The standard InChI is InChI=1S/C18H26N4O.ClH/c1-21-13-17(12-20-21)11-19-10-15-2-4-18(5-3-15)22-8-6-16(14-23)7-9-22;/h2-5,12-13,16,19,23H,6-11,14H2,1H3;1H. The zero-order valence-electron chi connectivity index (χ0n) is 14.2. The number of hydrogen-bond acceptors (Lipinski definition) is 4. The lowest BCUT2D eigenvalue weighted by molar-refractivity contribution is 0.203. The van der Waals surface area contributed by atoms with Gasteiger partial charge in [0.1, 0.15) is 0 Å². The Bertz CT molecular complexity index is 606. The van der Waals surface area contributed by atoms with Crippen LogP contribution < -0.4 is 10.2 Å². The van der Waals surface area contributed by atoms with Crippen molar-refractivity contribution in [3.05, 3.63) is 47.8 Å². The van der Waals surface area contributed by atoms with Crippen LogP contribution in [0, 0.1) is 5.92 Å². The van der Waals surface area contributed by atoms with Crippen molar-refractivity contribution < 1.29 is 5.11 Å². The van der Waals surface area contributed by atoms with Crippen molar-refractivity contribution in [2.75, 3.05) is 24.6 Å². The molecule has 24 heavy (non-hydrogen) atoms. The number of hydrogen-bond donors (Lipinski definition) is 2. The average molecular weight is 351 g/mol. The summed E-state index contributed by atoms with van der Waals surface area (Å²) in [6, 6.07) is 8.81. The van der Waals surface area contributed by atoms with Gasteiger partial charge in [-0.2, -0.15) is 5.10 Å². The summed E-state index contributed by atoms with van der Waals surface area (Å²) in [6.07, 6.45) is 6.11. The lowest BCUT2D eigenvalue weighted by Crippen LogP contribution is -2.34. The quantitative estimate of drug-likeness (QED) is 0.839. The molecule has 2 aromatic rings. The monoisotopic (exact) mass is 350 g/mol. The van der Waals surface area contributed by atoms with Gasteiger partial charge < -0.3 is 15.3 Å². The molecule has 6 heteroatoms. The molecule has 0 bridgehead atoms. The SMILES string of the molecule is Cl.Cn1cc(CNCc2ccc(N3CCC(CO)CC3)cc2)cn1. The summed E-state index contributed by atoms with van der Waals surface area (Å²) in [7, 11) is 1.94. The molecule has 0 aliphatic carbocycles. The number of aryl methyl sites for hydroxylation is 1. The van der Waals surface area contributed by atoms with Crippen molar-refractivity contribution in [1.82, 2.24) is 15.1 Å². The predicted molar refractivity (Wildman–Crippen MR) is 99.5 cm³/mol. The fraction of sp³-hybridized carbons (Fsp3) is 0.500. The Labute approximate surface area is 150 Å². The number of rotatable bonds is 6. The number of benzene rings is 1. The molecule has 0 amide bonds. The fourth-order valence-electron chi connectivity index (χ4n) is 3.11. The van der Waals surface area contributed by atoms with Gasteiger partial charge in [-0.05, 0) is 36.5 Å². The Morgan fingerprint density at radius 1 is 1.12 bits per heavy atom. The number of anilines is 1. The van der Waals surface area contributed by atoms with Crippen molar-refractivity contribution in [2.45, 2.75) is 25.9 Å². The Balaban J connectivity index is 0.00000208. The molecule has 1 aliphatic heterocycles. The van der Waals surface area contributed by atoms with Crippen LogP contribution in [0.3, 0.4) is 0 Å². The Morgan fingerprint density at radius 2 is 1.79 bits per heavy atom. The van der Waals surface area contributed by atoms with E-state index < -0.39 is 0 Å². The van der Waals surface area contributed by atoms with E-state index in [-0.39, 0.29) is 12.4 Å². The maximum atomic E-state index is 9.22. The maximum Gasteiger partial charge on any atom is 0.0534 e. The third kappa shape index (κ3) is 4.97. The highest BCUT2D eigenvalue weighted by Gasteiger charge is 2.18. The first kappa shape index (κ1) is 18.8. The van der Waals surface area contributed by atoms with E-state index in [4.69, 9.17) is 0 Å². The number of piperidine rings is 1. The van der Waals surface area contributed by atoms with E-state index in [9.17, 15) is 5.11 Å². The summed E-state index contributed by atoms with van der Waals surface area (Å²) in [6.45, 7) is 4.12. The maximum absolute atomic E-state index is 9.22. The predicted octanol–water partition coefficient (Wildman–Crippen LogP) is 2.34. The topological polar surface area (TPSA) is 53.3 Å². The van der Waals surface area contributed by atoms with Crippen LogP contribution in [0.4, 0.5) is 5.69 Å². The van der Waals surface area contributed by atoms with E-state index in [2.05, 4.69) is 39.6 Å². The Hall–Kier alpha value is -1.56. The van der Waals surface area contributed by atoms with Crippen LogP contribution in [-0.2, 0) is 20.1 Å². The summed E-state index contributed by atoms with van der Waals surface area (Å²) in [5, 5.41) is 16.8. The highest BCUT2D eigenvalue weighted by atomic mass is 35.5. The third-order valence-electron chi connectivity index (χ3n) is 4.59. The highest BCUT2D eigenvalue weighted by Crippen LogP contribution is 2.23. The van der Waals surface area contributed by atoms with Crippen LogP contribution in [-0.4, -0.2) is 34.6 Å². The summed E-state index contributed by atoms with van der Waals surface area (Å²) in [5.41, 5.74) is 3.79. The summed E-state index contributed by atoms with van der Waals surface area (Å²) in [5.74, 6) is 0.488. The van der Waals surface area contributed by atoms with Gasteiger partial charge in [0.2, 0.25) is 0 Å². The molecule has 1 aliphatic rings. The van der Waals surface area contributed by atoms with Gasteiger partial charge in [0.25, 0.3) is 0 Å². The van der Waals surface area contributed by atoms with Crippen LogP contribution in [0.2, 0.25) is 0 Å². The molecular weight excluding hydrogens is 324 g/mol. The van der Waals surface area contributed by atoms with Crippen LogP contribution in [0.15, 0.2) is 36.7 Å². The first-order valence-electron chi connectivity index (χ1n) is 8.37. The number of aromatic nitrogens is 2. The van der Waals surface area contributed by atoms with E-state index in [1.165, 1.54) is 16.8 Å². The second kappa shape index (κ2) is 9.06. The lowest BCUT2D eigenvalue weighted by atomic mass is 9.97. The number of nitrogens with one attached hydrogen (secondary N) is 1. The first-order chi connectivity index (χ1) is 11.2. The molecule has 132 valence electrons. The van der Waals surface area contributed by atoms with E-state index in [0.29, 0.717) is 12.5 Å². The van der Waals surface area contributed by atoms with E-state index in [0.717, 1.165) is 39.0 Å². The zero-order valence-corrected chi connectivity index (χ0v) is 15.0.